The molecule has 2 nitrogen and oxygen atoms in total. The summed E-state index contributed by atoms with van der Waals surface area (Å²) in [5.41, 5.74) is 0.991. The molecular formula is C10H9ClIrN2-2. The second kappa shape index (κ2) is 4.83. The van der Waals surface area contributed by atoms with Gasteiger partial charge in [0.2, 0.25) is 0 Å². The number of halogens is 1. The minimum Gasteiger partial charge on any atom is -0.510 e. The fraction of sp³-hybridized carbons (Fsp3) is 0.100. The Bertz CT molecular complexity index is 323. The molecule has 0 spiro atoms. The molecule has 0 saturated carbocycles. The quantitative estimate of drug-likeness (QED) is 0.686. The van der Waals surface area contributed by atoms with E-state index in [1.807, 2.05) is 48.0 Å². The smallest absolute Gasteiger partial charge is 0 e. The second-order valence-electron chi connectivity index (χ2n) is 2.88. The van der Waals surface area contributed by atoms with Gasteiger partial charge in [0.15, 0.2) is 0 Å². The predicted molar refractivity (Wildman–Crippen MR) is 54.0 cm³/mol. The summed E-state index contributed by atoms with van der Waals surface area (Å²) in [5, 5.41) is 0.709. The van der Waals surface area contributed by atoms with Crippen molar-refractivity contribution in [2.24, 2.45) is 0 Å². The fourth-order valence-electron chi connectivity index (χ4n) is 1.15. The van der Waals surface area contributed by atoms with Gasteiger partial charge >= 0.3 is 0 Å². The van der Waals surface area contributed by atoms with Gasteiger partial charge in [0, 0.05) is 20.1 Å². The number of benzene rings is 1. The van der Waals surface area contributed by atoms with E-state index < -0.39 is 0 Å². The Hall–Kier alpha value is -0.501. The summed E-state index contributed by atoms with van der Waals surface area (Å²) in [4.78, 5) is 3.96. The van der Waals surface area contributed by atoms with Crippen molar-refractivity contribution in [2.45, 2.75) is 0 Å². The van der Waals surface area contributed by atoms with Crippen LogP contribution >= 0.6 is 11.6 Å². The zero-order valence-electron chi connectivity index (χ0n) is 7.57. The summed E-state index contributed by atoms with van der Waals surface area (Å²) in [5.74, 6) is 0. The van der Waals surface area contributed by atoms with E-state index >= 15 is 0 Å². The average molecular weight is 385 g/mol. The number of anilines is 1. The first-order valence-corrected chi connectivity index (χ1v) is 4.34. The molecule has 77 valence electrons. The molecule has 0 aromatic heterocycles. The van der Waals surface area contributed by atoms with Crippen molar-refractivity contribution >= 4 is 17.3 Å². The normalized spacial score (nSPS) is 14.4. The van der Waals surface area contributed by atoms with Crippen LogP contribution in [-0.2, 0) is 20.1 Å². The van der Waals surface area contributed by atoms with Crippen molar-refractivity contribution in [1.29, 1.82) is 0 Å². The van der Waals surface area contributed by atoms with Crippen LogP contribution in [0.25, 0.3) is 0 Å². The van der Waals surface area contributed by atoms with Crippen LogP contribution in [0.5, 0.6) is 0 Å². The van der Waals surface area contributed by atoms with Crippen LogP contribution < -0.4 is 4.90 Å². The summed E-state index contributed by atoms with van der Waals surface area (Å²) < 4.78 is 0. The molecule has 4 heteroatoms. The van der Waals surface area contributed by atoms with Crippen LogP contribution in [0.15, 0.2) is 30.6 Å². The monoisotopic (exact) mass is 385 g/mol. The standard InChI is InChI=1S/C10H9ClN2.Ir/c1-12-6-7-13(8-12)10-4-2-9(11)3-5-10;/h2-4,6-8H,1H3;/q-2;. The minimum absolute atomic E-state index is 0. The number of hydrogen-bond donors (Lipinski definition) is 0. The molecule has 0 fully saturated rings. The van der Waals surface area contributed by atoms with Gasteiger partial charge in [0.1, 0.15) is 0 Å². The van der Waals surface area contributed by atoms with Gasteiger partial charge in [-0.25, -0.2) is 0 Å². The maximum Gasteiger partial charge on any atom is 0 e. The van der Waals surface area contributed by atoms with E-state index in [-0.39, 0.29) is 20.1 Å². The molecular weight excluding hydrogens is 376 g/mol. The first kappa shape index (κ1) is 11.6. The molecule has 2 rings (SSSR count). The van der Waals surface area contributed by atoms with Crippen LogP contribution in [0.4, 0.5) is 5.69 Å². The van der Waals surface area contributed by atoms with Gasteiger partial charge in [-0.15, -0.1) is 11.8 Å². The van der Waals surface area contributed by atoms with Gasteiger partial charge in [-0.1, -0.05) is 5.02 Å². The van der Waals surface area contributed by atoms with E-state index in [4.69, 9.17) is 11.6 Å². The minimum atomic E-state index is 0. The third-order valence-electron chi connectivity index (χ3n) is 1.81. The van der Waals surface area contributed by atoms with Crippen molar-refractivity contribution in [2.75, 3.05) is 11.9 Å². The Balaban J connectivity index is 0.000000980. The Kier molecular flexibility index (Phi) is 3.99. The third-order valence-corrected chi connectivity index (χ3v) is 2.04. The maximum absolute atomic E-state index is 5.76. The van der Waals surface area contributed by atoms with E-state index in [0.29, 0.717) is 5.02 Å². The topological polar surface area (TPSA) is 6.48 Å². The van der Waals surface area contributed by atoms with Crippen LogP contribution in [0.1, 0.15) is 0 Å². The summed E-state index contributed by atoms with van der Waals surface area (Å²) in [6, 6.07) is 8.63. The molecule has 14 heavy (non-hydrogen) atoms. The Morgan fingerprint density at radius 1 is 1.36 bits per heavy atom. The largest absolute Gasteiger partial charge is 0.510 e. The van der Waals surface area contributed by atoms with E-state index in [0.717, 1.165) is 5.69 Å². The van der Waals surface area contributed by atoms with Crippen molar-refractivity contribution in [3.63, 3.8) is 0 Å². The zero-order chi connectivity index (χ0) is 9.26. The van der Waals surface area contributed by atoms with Gasteiger partial charge in [-0.05, 0) is 19.4 Å². The van der Waals surface area contributed by atoms with E-state index in [2.05, 4.69) is 6.07 Å². The van der Waals surface area contributed by atoms with Crippen molar-refractivity contribution in [3.05, 3.63) is 48.4 Å². The molecule has 1 heterocycles. The molecule has 1 aliphatic rings. The summed E-state index contributed by atoms with van der Waals surface area (Å²) in [7, 11) is 1.98. The molecule has 0 N–H and O–H groups in total. The summed E-state index contributed by atoms with van der Waals surface area (Å²) in [6.45, 7) is 1.97. The van der Waals surface area contributed by atoms with Crippen molar-refractivity contribution < 1.29 is 20.1 Å². The van der Waals surface area contributed by atoms with Crippen LogP contribution in [0.2, 0.25) is 5.02 Å². The molecule has 1 aromatic rings. The molecule has 0 amide bonds. The number of nitrogens with zero attached hydrogens (tertiary/aromatic N) is 2. The number of hydrogen-bond acceptors (Lipinski definition) is 2. The molecule has 0 bridgehead atoms. The van der Waals surface area contributed by atoms with Gasteiger partial charge < -0.3 is 9.80 Å². The fourth-order valence-corrected chi connectivity index (χ4v) is 1.27. The molecule has 0 atom stereocenters. The van der Waals surface area contributed by atoms with E-state index in [9.17, 15) is 0 Å². The van der Waals surface area contributed by atoms with Crippen LogP contribution in [0.3, 0.4) is 0 Å². The average Bonchev–Trinajstić information content (AvgIpc) is 2.53. The van der Waals surface area contributed by atoms with Crippen LogP contribution in [-0.4, -0.2) is 11.9 Å². The van der Waals surface area contributed by atoms with Crippen LogP contribution in [0, 0.1) is 12.7 Å². The summed E-state index contributed by atoms with van der Waals surface area (Å²) >= 11 is 5.76. The third kappa shape index (κ3) is 2.50. The Morgan fingerprint density at radius 2 is 2.14 bits per heavy atom. The zero-order valence-corrected chi connectivity index (χ0v) is 10.7. The molecule has 1 aliphatic heterocycles. The van der Waals surface area contributed by atoms with Gasteiger partial charge in [0.25, 0.3) is 0 Å². The predicted octanol–water partition coefficient (Wildman–Crippen LogP) is 2.48. The number of rotatable bonds is 1. The molecule has 0 aliphatic carbocycles. The van der Waals surface area contributed by atoms with Crippen molar-refractivity contribution in [3.8, 4) is 0 Å². The van der Waals surface area contributed by atoms with E-state index in [1.54, 1.807) is 6.07 Å². The Labute approximate surface area is 102 Å². The SMILES string of the molecule is CN1C=CN(c2[c-]cc(Cl)cc2)[CH-]1.[Ir]. The van der Waals surface area contributed by atoms with Gasteiger partial charge in [-0.2, -0.15) is 36.5 Å². The van der Waals surface area contributed by atoms with Crippen molar-refractivity contribution in [1.82, 2.24) is 4.90 Å². The van der Waals surface area contributed by atoms with E-state index in [1.165, 1.54) is 0 Å². The second-order valence-corrected chi connectivity index (χ2v) is 3.31. The molecule has 0 saturated heterocycles. The first-order valence-electron chi connectivity index (χ1n) is 3.96. The van der Waals surface area contributed by atoms with Gasteiger partial charge in [-0.3, -0.25) is 0 Å². The van der Waals surface area contributed by atoms with Gasteiger partial charge in [0.05, 0.1) is 0 Å². The molecule has 1 radical (unpaired) electrons. The first-order chi connectivity index (χ1) is 6.25. The summed E-state index contributed by atoms with van der Waals surface area (Å²) in [6.07, 6.45) is 3.95. The molecule has 1 aromatic carbocycles. The molecule has 0 unspecified atom stereocenters. The Morgan fingerprint density at radius 3 is 2.64 bits per heavy atom. The maximum atomic E-state index is 5.76.